The summed E-state index contributed by atoms with van der Waals surface area (Å²) in [6.45, 7) is 5.39. The number of phosphoric acid groups is 1. The largest absolute Gasteiger partial charge is 0.527 e. The third-order valence-electron chi connectivity index (χ3n) is 6.45. The number of ether oxygens (including phenoxy) is 3. The van der Waals surface area contributed by atoms with Gasteiger partial charge in [-0.3, -0.25) is 9.42 Å². The van der Waals surface area contributed by atoms with Crippen LogP contribution in [0.25, 0.3) is 5.52 Å². The molecule has 0 amide bonds. The summed E-state index contributed by atoms with van der Waals surface area (Å²) in [6, 6.07) is 9.95. The van der Waals surface area contributed by atoms with Crippen molar-refractivity contribution in [2.75, 3.05) is 5.73 Å². The zero-order valence-electron chi connectivity index (χ0n) is 18.4. The van der Waals surface area contributed by atoms with E-state index in [4.69, 9.17) is 40.6 Å². The van der Waals surface area contributed by atoms with Gasteiger partial charge >= 0.3 is 7.82 Å². The van der Waals surface area contributed by atoms with Gasteiger partial charge in [0.05, 0.1) is 10.7 Å². The Balaban J connectivity index is 1.32. The first-order chi connectivity index (χ1) is 16.0. The molecule has 0 radical (unpaired) electrons. The molecule has 2 unspecified atom stereocenters. The molecule has 13 heteroatoms. The van der Waals surface area contributed by atoms with Crippen LogP contribution in [0, 0.1) is 0 Å². The summed E-state index contributed by atoms with van der Waals surface area (Å²) < 4.78 is 44.1. The van der Waals surface area contributed by atoms with Crippen molar-refractivity contribution in [3.63, 3.8) is 0 Å². The normalized spacial score (nSPS) is 35.0. The highest BCUT2D eigenvalue weighted by molar-refractivity contribution is 7.47. The molecule has 6 rings (SSSR count). The number of rotatable bonds is 5. The minimum atomic E-state index is -4.58. The lowest BCUT2D eigenvalue weighted by atomic mass is 9.91. The number of benzene rings is 1. The standard InChI is InChI=1S/C21H22ClN4O7P/c1-19(2)30-18-20(3,14-9-8-12-17(23)24-10-25-26(12)14)29-15-16(21(15,18)33-19)32-34(27,28)31-13-7-5-4-6-11(13)22/h4-10,15-16,18H,1-3H3,(H,27,28)(H2,23,24,25)/t15-,16?,18+,20+,21+/m1/s1. The van der Waals surface area contributed by atoms with E-state index in [-0.39, 0.29) is 10.8 Å². The predicted molar refractivity (Wildman–Crippen MR) is 119 cm³/mol. The van der Waals surface area contributed by atoms with Crippen LogP contribution in [0.5, 0.6) is 5.75 Å². The molecule has 1 spiro atoms. The molecule has 3 aliphatic rings. The molecule has 3 fully saturated rings. The zero-order valence-corrected chi connectivity index (χ0v) is 20.1. The highest BCUT2D eigenvalue weighted by Gasteiger charge is 2.88. The number of para-hydroxylation sites is 1. The molecule has 3 N–H and O–H groups in total. The van der Waals surface area contributed by atoms with Gasteiger partial charge in [-0.25, -0.2) is 14.1 Å². The van der Waals surface area contributed by atoms with E-state index >= 15 is 0 Å². The summed E-state index contributed by atoms with van der Waals surface area (Å²) in [7, 11) is -4.58. The number of anilines is 1. The Kier molecular flexibility index (Phi) is 4.52. The van der Waals surface area contributed by atoms with Gasteiger partial charge in [-0.2, -0.15) is 5.10 Å². The van der Waals surface area contributed by atoms with Gasteiger partial charge in [0.1, 0.15) is 41.5 Å². The van der Waals surface area contributed by atoms with Crippen LogP contribution in [0.1, 0.15) is 26.5 Å². The van der Waals surface area contributed by atoms with Crippen LogP contribution >= 0.6 is 19.4 Å². The molecule has 180 valence electrons. The first-order valence-corrected chi connectivity index (χ1v) is 12.4. The molecule has 1 saturated carbocycles. The van der Waals surface area contributed by atoms with Gasteiger partial charge in [-0.05, 0) is 45.0 Å². The van der Waals surface area contributed by atoms with Crippen molar-refractivity contribution in [1.82, 2.24) is 14.6 Å². The number of phosphoric ester groups is 1. The van der Waals surface area contributed by atoms with Crippen molar-refractivity contribution in [1.29, 1.82) is 0 Å². The molecular formula is C21H22ClN4O7P. The monoisotopic (exact) mass is 508 g/mol. The predicted octanol–water partition coefficient (Wildman–Crippen LogP) is 3.05. The molecule has 1 aliphatic carbocycles. The number of aromatic nitrogens is 3. The number of nitrogens with zero attached hydrogens (tertiary/aromatic N) is 3. The average Bonchev–Trinajstić information content (AvgIpc) is 3.10. The van der Waals surface area contributed by atoms with Crippen LogP contribution < -0.4 is 10.3 Å². The molecule has 11 nitrogen and oxygen atoms in total. The second-order valence-corrected chi connectivity index (χ2v) is 10.9. The van der Waals surface area contributed by atoms with Crippen LogP contribution in [0.4, 0.5) is 5.82 Å². The van der Waals surface area contributed by atoms with Crippen LogP contribution in [0.3, 0.4) is 0 Å². The average molecular weight is 509 g/mol. The summed E-state index contributed by atoms with van der Waals surface area (Å²) in [4.78, 5) is 14.5. The van der Waals surface area contributed by atoms with Crippen molar-refractivity contribution in [3.8, 4) is 5.75 Å². The Morgan fingerprint density at radius 1 is 1.21 bits per heavy atom. The maximum atomic E-state index is 12.8. The second-order valence-electron chi connectivity index (χ2n) is 9.18. The summed E-state index contributed by atoms with van der Waals surface area (Å²) in [6.07, 6.45) is -0.920. The van der Waals surface area contributed by atoms with E-state index in [9.17, 15) is 9.46 Å². The lowest BCUT2D eigenvalue weighted by molar-refractivity contribution is -0.196. The van der Waals surface area contributed by atoms with Crippen molar-refractivity contribution in [2.24, 2.45) is 0 Å². The van der Waals surface area contributed by atoms with E-state index in [1.165, 1.54) is 12.4 Å². The lowest BCUT2D eigenvalue weighted by Crippen LogP contribution is -2.45. The van der Waals surface area contributed by atoms with Gasteiger partial charge in [0, 0.05) is 0 Å². The van der Waals surface area contributed by atoms with Gasteiger partial charge in [-0.15, -0.1) is 0 Å². The fourth-order valence-electron chi connectivity index (χ4n) is 5.11. The molecule has 4 heterocycles. The molecule has 2 aliphatic heterocycles. The SMILES string of the molecule is CC1(C)O[C@@H]2[C@@]3(O1)C(OP(=O)(O)Oc1ccccc1Cl)[C@H]3O[C@@]2(C)c1ccc2c(N)ncnn12. The molecule has 2 aromatic heterocycles. The number of fused-ring (bicyclic) bond motifs is 1. The van der Waals surface area contributed by atoms with Gasteiger partial charge in [-0.1, -0.05) is 23.7 Å². The molecular weight excluding hydrogens is 487 g/mol. The Morgan fingerprint density at radius 3 is 2.74 bits per heavy atom. The lowest BCUT2D eigenvalue weighted by Gasteiger charge is -2.33. The third kappa shape index (κ3) is 3.06. The number of hydrogen-bond acceptors (Lipinski definition) is 9. The van der Waals surface area contributed by atoms with Crippen molar-refractivity contribution in [2.45, 2.75) is 56.1 Å². The Labute approximate surface area is 199 Å². The van der Waals surface area contributed by atoms with Crippen molar-refractivity contribution in [3.05, 3.63) is 53.4 Å². The number of nitrogen functional groups attached to an aromatic ring is 1. The number of halogens is 1. The van der Waals surface area contributed by atoms with Gasteiger partial charge in [0.15, 0.2) is 17.2 Å². The molecule has 1 aromatic carbocycles. The fraction of sp³-hybridized carbons (Fsp3) is 0.429. The van der Waals surface area contributed by atoms with E-state index in [1.54, 1.807) is 42.6 Å². The zero-order chi connectivity index (χ0) is 24.1. The second kappa shape index (κ2) is 6.92. The maximum Gasteiger partial charge on any atom is 0.527 e. The van der Waals surface area contributed by atoms with E-state index in [0.717, 1.165) is 0 Å². The quantitative estimate of drug-likeness (QED) is 0.494. The minimum absolute atomic E-state index is 0.0291. The molecule has 34 heavy (non-hydrogen) atoms. The molecule has 0 bridgehead atoms. The Bertz CT molecular complexity index is 1370. The highest BCUT2D eigenvalue weighted by atomic mass is 35.5. The first-order valence-electron chi connectivity index (χ1n) is 10.6. The smallest absolute Gasteiger partial charge is 0.403 e. The maximum absolute atomic E-state index is 12.8. The van der Waals surface area contributed by atoms with E-state index in [1.807, 2.05) is 13.0 Å². The Hall–Kier alpha value is -2.24. The first kappa shape index (κ1) is 22.2. The van der Waals surface area contributed by atoms with Gasteiger partial charge in [0.25, 0.3) is 0 Å². The van der Waals surface area contributed by atoms with Gasteiger partial charge < -0.3 is 24.5 Å². The van der Waals surface area contributed by atoms with Crippen LogP contribution in [-0.4, -0.2) is 49.2 Å². The van der Waals surface area contributed by atoms with E-state index in [0.29, 0.717) is 17.0 Å². The topological polar surface area (TPSA) is 140 Å². The highest BCUT2D eigenvalue weighted by Crippen LogP contribution is 2.69. The van der Waals surface area contributed by atoms with Gasteiger partial charge in [0.2, 0.25) is 0 Å². The van der Waals surface area contributed by atoms with Crippen molar-refractivity contribution < 1.29 is 32.7 Å². The summed E-state index contributed by atoms with van der Waals surface area (Å²) in [5.41, 5.74) is 5.14. The number of hydrogen-bond donors (Lipinski definition) is 2. The molecule has 3 aromatic rings. The fourth-order valence-corrected chi connectivity index (χ4v) is 6.35. The van der Waals surface area contributed by atoms with Crippen LogP contribution in [-0.2, 0) is 28.9 Å². The third-order valence-corrected chi connectivity index (χ3v) is 7.68. The van der Waals surface area contributed by atoms with Crippen LogP contribution in [0.15, 0.2) is 42.7 Å². The van der Waals surface area contributed by atoms with E-state index < -0.39 is 43.1 Å². The number of nitrogens with two attached hydrogens (primary N) is 1. The van der Waals surface area contributed by atoms with E-state index in [2.05, 4.69) is 10.1 Å². The van der Waals surface area contributed by atoms with Crippen LogP contribution in [0.2, 0.25) is 5.02 Å². The summed E-state index contributed by atoms with van der Waals surface area (Å²) in [5, 5.41) is 4.49. The minimum Gasteiger partial charge on any atom is -0.403 e. The molecule has 2 saturated heterocycles. The Morgan fingerprint density at radius 2 is 1.97 bits per heavy atom. The molecule has 6 atom stereocenters. The summed E-state index contributed by atoms with van der Waals surface area (Å²) in [5.74, 6) is -0.636. The van der Waals surface area contributed by atoms with Crippen molar-refractivity contribution >= 4 is 30.8 Å². The summed E-state index contributed by atoms with van der Waals surface area (Å²) >= 11 is 6.05.